The number of anilines is 1. The number of aromatic nitrogens is 1. The summed E-state index contributed by atoms with van der Waals surface area (Å²) in [6, 6.07) is 4.60. The number of hydrogen-bond acceptors (Lipinski definition) is 6. The maximum atomic E-state index is 13.8. The summed E-state index contributed by atoms with van der Waals surface area (Å²) in [7, 11) is 1.41. The molecule has 3 rings (SSSR count). The van der Waals surface area contributed by atoms with E-state index in [-0.39, 0.29) is 24.1 Å². The minimum Gasteiger partial charge on any atom is -0.494 e. The predicted molar refractivity (Wildman–Crippen MR) is 96.9 cm³/mol. The molecule has 2 heterocycles. The molecule has 3 N–H and O–H groups in total. The maximum Gasteiger partial charge on any atom is 0.246 e. The molecule has 0 bridgehead atoms. The van der Waals surface area contributed by atoms with E-state index in [1.807, 2.05) is 0 Å². The summed E-state index contributed by atoms with van der Waals surface area (Å²) in [6.07, 6.45) is 0.946. The molecular weight excluding hydrogens is 369 g/mol. The van der Waals surface area contributed by atoms with Crippen LogP contribution in [0, 0.1) is 5.82 Å². The standard InChI is InChI=1S/C16H18FN3O3S.ClH/c1-22-13-3-2-10(8-11(13)17)12-9-24-15(19-12)20-14(21)16(18)4-6-23-7-5-16;/h2-3,8-9H,4-7,18H2,1H3,(H,19,20,21);1H. The van der Waals surface area contributed by atoms with E-state index >= 15 is 0 Å². The number of carbonyl (C=O) groups excluding carboxylic acids is 1. The Balaban J connectivity index is 0.00000225. The van der Waals surface area contributed by atoms with E-state index in [9.17, 15) is 9.18 Å². The zero-order valence-electron chi connectivity index (χ0n) is 13.6. The number of nitrogens with two attached hydrogens (primary N) is 1. The number of rotatable bonds is 4. The maximum absolute atomic E-state index is 13.8. The van der Waals surface area contributed by atoms with Crippen molar-refractivity contribution < 1.29 is 18.7 Å². The van der Waals surface area contributed by atoms with E-state index in [2.05, 4.69) is 10.3 Å². The van der Waals surface area contributed by atoms with Crippen LogP contribution in [0.1, 0.15) is 12.8 Å². The summed E-state index contributed by atoms with van der Waals surface area (Å²) in [4.78, 5) is 16.7. The van der Waals surface area contributed by atoms with E-state index in [4.69, 9.17) is 15.2 Å². The molecule has 0 aliphatic carbocycles. The number of benzene rings is 1. The average molecular weight is 388 g/mol. The molecule has 0 atom stereocenters. The van der Waals surface area contributed by atoms with Gasteiger partial charge in [0.25, 0.3) is 0 Å². The van der Waals surface area contributed by atoms with E-state index in [1.54, 1.807) is 17.5 Å². The van der Waals surface area contributed by atoms with Crippen molar-refractivity contribution >= 4 is 34.8 Å². The van der Waals surface area contributed by atoms with Gasteiger partial charge in [-0.05, 0) is 31.0 Å². The monoisotopic (exact) mass is 387 g/mol. The minimum absolute atomic E-state index is 0. The first-order valence-corrected chi connectivity index (χ1v) is 8.37. The summed E-state index contributed by atoms with van der Waals surface area (Å²) in [5.74, 6) is -0.559. The predicted octanol–water partition coefficient (Wildman–Crippen LogP) is 2.83. The van der Waals surface area contributed by atoms with Gasteiger partial charge in [0.15, 0.2) is 16.7 Å². The quantitative estimate of drug-likeness (QED) is 0.842. The largest absolute Gasteiger partial charge is 0.494 e. The molecule has 136 valence electrons. The van der Waals surface area contributed by atoms with Gasteiger partial charge in [0.1, 0.15) is 5.54 Å². The molecule has 1 aromatic heterocycles. The van der Waals surface area contributed by atoms with E-state index in [0.29, 0.717) is 42.4 Å². The highest BCUT2D eigenvalue weighted by Crippen LogP contribution is 2.29. The van der Waals surface area contributed by atoms with Crippen molar-refractivity contribution in [1.29, 1.82) is 0 Å². The topological polar surface area (TPSA) is 86.5 Å². The fourth-order valence-electron chi connectivity index (χ4n) is 2.47. The number of nitrogens with zero attached hydrogens (tertiary/aromatic N) is 1. The Labute approximate surface area is 154 Å². The zero-order chi connectivity index (χ0) is 17.2. The molecule has 1 amide bonds. The van der Waals surface area contributed by atoms with Crippen LogP contribution in [0.2, 0.25) is 0 Å². The van der Waals surface area contributed by atoms with Crippen molar-refractivity contribution in [2.45, 2.75) is 18.4 Å². The lowest BCUT2D eigenvalue weighted by molar-refractivity contribution is -0.124. The minimum atomic E-state index is -0.934. The molecule has 1 fully saturated rings. The molecule has 0 unspecified atom stereocenters. The Bertz CT molecular complexity index is 750. The Morgan fingerprint density at radius 3 is 2.80 bits per heavy atom. The average Bonchev–Trinajstić information content (AvgIpc) is 3.04. The van der Waals surface area contributed by atoms with Gasteiger partial charge in [0, 0.05) is 24.2 Å². The number of methoxy groups -OCH3 is 1. The van der Waals surface area contributed by atoms with Crippen molar-refractivity contribution in [3.05, 3.63) is 29.4 Å². The van der Waals surface area contributed by atoms with Gasteiger partial charge in [-0.3, -0.25) is 4.79 Å². The number of ether oxygens (including phenoxy) is 2. The number of halogens is 2. The van der Waals surface area contributed by atoms with Gasteiger partial charge in [-0.1, -0.05) is 0 Å². The number of nitrogens with one attached hydrogen (secondary N) is 1. The fraction of sp³-hybridized carbons (Fsp3) is 0.375. The molecule has 1 aliphatic heterocycles. The normalized spacial score (nSPS) is 16.0. The molecule has 6 nitrogen and oxygen atoms in total. The molecule has 2 aromatic rings. The highest BCUT2D eigenvalue weighted by atomic mass is 35.5. The lowest BCUT2D eigenvalue weighted by atomic mass is 9.90. The highest BCUT2D eigenvalue weighted by molar-refractivity contribution is 7.14. The van der Waals surface area contributed by atoms with Gasteiger partial charge in [-0.25, -0.2) is 9.37 Å². The summed E-state index contributed by atoms with van der Waals surface area (Å²) < 4.78 is 23.9. The highest BCUT2D eigenvalue weighted by Gasteiger charge is 2.36. The smallest absolute Gasteiger partial charge is 0.246 e. The Kier molecular flexibility index (Phi) is 6.34. The molecule has 1 aromatic carbocycles. The van der Waals surface area contributed by atoms with Crippen LogP contribution in [0.3, 0.4) is 0 Å². The first kappa shape index (κ1) is 19.6. The van der Waals surface area contributed by atoms with Crippen molar-refractivity contribution in [2.24, 2.45) is 5.73 Å². The Morgan fingerprint density at radius 2 is 2.16 bits per heavy atom. The second kappa shape index (κ2) is 8.09. The van der Waals surface area contributed by atoms with Crippen LogP contribution >= 0.6 is 23.7 Å². The Hall–Kier alpha value is -1.74. The van der Waals surface area contributed by atoms with Crippen molar-refractivity contribution in [3.8, 4) is 17.0 Å². The third kappa shape index (κ3) is 4.27. The lowest BCUT2D eigenvalue weighted by Gasteiger charge is -2.31. The van der Waals surface area contributed by atoms with Crippen molar-refractivity contribution in [1.82, 2.24) is 4.98 Å². The summed E-state index contributed by atoms with van der Waals surface area (Å²) in [5.41, 5.74) is 6.40. The molecule has 9 heteroatoms. The van der Waals surface area contributed by atoms with Gasteiger partial charge in [-0.2, -0.15) is 0 Å². The molecule has 0 spiro atoms. The lowest BCUT2D eigenvalue weighted by Crippen LogP contribution is -2.54. The first-order valence-electron chi connectivity index (χ1n) is 7.49. The van der Waals surface area contributed by atoms with Gasteiger partial charge in [-0.15, -0.1) is 23.7 Å². The molecule has 25 heavy (non-hydrogen) atoms. The van der Waals surface area contributed by atoms with Crippen molar-refractivity contribution in [2.75, 3.05) is 25.6 Å². The number of amides is 1. The summed E-state index contributed by atoms with van der Waals surface area (Å²) in [5, 5.41) is 4.94. The van der Waals surface area contributed by atoms with Gasteiger partial charge >= 0.3 is 0 Å². The van der Waals surface area contributed by atoms with Crippen LogP contribution in [0.25, 0.3) is 11.3 Å². The second-order valence-corrected chi connectivity index (χ2v) is 6.47. The fourth-order valence-corrected chi connectivity index (χ4v) is 3.19. The van der Waals surface area contributed by atoms with Gasteiger partial charge < -0.3 is 20.5 Å². The third-order valence-electron chi connectivity index (χ3n) is 4.01. The molecule has 1 saturated heterocycles. The molecule has 0 radical (unpaired) electrons. The second-order valence-electron chi connectivity index (χ2n) is 5.61. The summed E-state index contributed by atoms with van der Waals surface area (Å²) in [6.45, 7) is 0.941. The molecule has 1 aliphatic rings. The Morgan fingerprint density at radius 1 is 1.44 bits per heavy atom. The number of thiazole rings is 1. The van der Waals surface area contributed by atoms with Crippen LogP contribution in [-0.4, -0.2) is 36.8 Å². The zero-order valence-corrected chi connectivity index (χ0v) is 15.2. The van der Waals surface area contributed by atoms with Gasteiger partial charge in [0.05, 0.1) is 12.8 Å². The van der Waals surface area contributed by atoms with Crippen LogP contribution < -0.4 is 15.8 Å². The van der Waals surface area contributed by atoms with E-state index < -0.39 is 11.4 Å². The van der Waals surface area contributed by atoms with Crippen molar-refractivity contribution in [3.63, 3.8) is 0 Å². The number of carbonyl (C=O) groups is 1. The number of hydrogen-bond donors (Lipinski definition) is 2. The van der Waals surface area contributed by atoms with E-state index in [1.165, 1.54) is 24.5 Å². The van der Waals surface area contributed by atoms with Gasteiger partial charge in [0.2, 0.25) is 5.91 Å². The SMILES string of the molecule is COc1ccc(-c2csc(NC(=O)C3(N)CCOCC3)n2)cc1F.Cl. The first-order chi connectivity index (χ1) is 11.5. The van der Waals surface area contributed by atoms with Crippen LogP contribution in [-0.2, 0) is 9.53 Å². The van der Waals surface area contributed by atoms with Crippen LogP contribution in [0.5, 0.6) is 5.75 Å². The third-order valence-corrected chi connectivity index (χ3v) is 4.77. The van der Waals surface area contributed by atoms with E-state index in [0.717, 1.165) is 0 Å². The molecular formula is C16H19ClFN3O3S. The summed E-state index contributed by atoms with van der Waals surface area (Å²) >= 11 is 1.27. The van der Waals surface area contributed by atoms with Crippen LogP contribution in [0.4, 0.5) is 9.52 Å². The molecule has 0 saturated carbocycles. The van der Waals surface area contributed by atoms with Crippen LogP contribution in [0.15, 0.2) is 23.6 Å².